The predicted octanol–water partition coefficient (Wildman–Crippen LogP) is 3.42. The first kappa shape index (κ1) is 19.3. The van der Waals surface area contributed by atoms with Crippen LogP contribution in [0.1, 0.15) is 43.4 Å². The van der Waals surface area contributed by atoms with Crippen LogP contribution in [-0.2, 0) is 6.54 Å². The van der Waals surface area contributed by atoms with Crippen LogP contribution in [0.3, 0.4) is 0 Å². The van der Waals surface area contributed by atoms with Crippen molar-refractivity contribution in [3.63, 3.8) is 0 Å². The Kier molecular flexibility index (Phi) is 5.20. The minimum Gasteiger partial charge on any atom is -0.315 e. The number of fused-ring (bicyclic) bond motifs is 4. The molecule has 0 aliphatic carbocycles. The summed E-state index contributed by atoms with van der Waals surface area (Å²) in [6.45, 7) is 8.28. The highest BCUT2D eigenvalue weighted by Gasteiger charge is 2.33. The monoisotopic (exact) mass is 390 g/mol. The van der Waals surface area contributed by atoms with Crippen molar-refractivity contribution in [3.8, 4) is 5.69 Å². The summed E-state index contributed by atoms with van der Waals surface area (Å²) >= 11 is 0. The number of carbonyl (C=O) groups is 1. The van der Waals surface area contributed by atoms with E-state index in [0.717, 1.165) is 19.5 Å². The van der Waals surface area contributed by atoms with E-state index in [0.29, 0.717) is 34.5 Å². The molecule has 0 saturated heterocycles. The van der Waals surface area contributed by atoms with E-state index in [1.54, 1.807) is 16.7 Å². The van der Waals surface area contributed by atoms with Crippen LogP contribution >= 0.6 is 0 Å². The maximum absolute atomic E-state index is 13.6. The molecule has 0 saturated carbocycles. The lowest BCUT2D eigenvalue weighted by Crippen LogP contribution is -2.50. The van der Waals surface area contributed by atoms with E-state index >= 15 is 0 Å². The highest BCUT2D eigenvalue weighted by molar-refractivity contribution is 5.98. The average molecular weight is 390 g/mol. The number of amides is 1. The maximum atomic E-state index is 13.6. The van der Waals surface area contributed by atoms with Crippen LogP contribution in [0.2, 0.25) is 0 Å². The Bertz CT molecular complexity index is 1120. The number of rotatable bonds is 5. The fourth-order valence-electron chi connectivity index (χ4n) is 4.32. The zero-order chi connectivity index (χ0) is 20.5. The van der Waals surface area contributed by atoms with Gasteiger partial charge in [0.05, 0.1) is 34.9 Å². The van der Waals surface area contributed by atoms with Crippen LogP contribution in [0.4, 0.5) is 0 Å². The van der Waals surface area contributed by atoms with Gasteiger partial charge in [0.15, 0.2) is 0 Å². The van der Waals surface area contributed by atoms with E-state index in [2.05, 4.69) is 25.7 Å². The summed E-state index contributed by atoms with van der Waals surface area (Å²) in [4.78, 5) is 35.9. The Labute approximate surface area is 170 Å². The van der Waals surface area contributed by atoms with Gasteiger partial charge in [-0.1, -0.05) is 45.0 Å². The van der Waals surface area contributed by atoms with E-state index in [1.807, 2.05) is 41.3 Å². The molecule has 1 amide bonds. The summed E-state index contributed by atoms with van der Waals surface area (Å²) in [6, 6.07) is 14.7. The molecule has 6 heteroatoms. The summed E-state index contributed by atoms with van der Waals surface area (Å²) in [5.74, 6) is 0.533. The second kappa shape index (κ2) is 7.79. The maximum Gasteiger partial charge on any atom is 0.266 e. The van der Waals surface area contributed by atoms with Gasteiger partial charge in [-0.3, -0.25) is 19.1 Å². The zero-order valence-electron chi connectivity index (χ0n) is 17.1. The van der Waals surface area contributed by atoms with Gasteiger partial charge < -0.3 is 4.90 Å². The number of hydrogen-bond acceptors (Lipinski definition) is 4. The third-order valence-electron chi connectivity index (χ3n) is 5.75. The van der Waals surface area contributed by atoms with Gasteiger partial charge in [0, 0.05) is 0 Å². The van der Waals surface area contributed by atoms with E-state index in [4.69, 9.17) is 4.98 Å². The molecule has 1 aliphatic heterocycles. The first-order valence-electron chi connectivity index (χ1n) is 10.3. The standard InChI is InChI=1S/C23H26N4O2/c1-4-21(25(5-2)6-3)26-15-20-24-18-13-9-7-11-16(18)23(29)27(20)19-14-10-8-12-17(19)22(26)28/h7-14,21H,4-6,15H2,1-3H3. The summed E-state index contributed by atoms with van der Waals surface area (Å²) in [6.07, 6.45) is 0.744. The molecule has 1 aromatic heterocycles. The molecule has 1 aliphatic rings. The van der Waals surface area contributed by atoms with Crippen molar-refractivity contribution in [2.75, 3.05) is 13.1 Å². The molecule has 150 valence electrons. The van der Waals surface area contributed by atoms with Crippen LogP contribution in [0.25, 0.3) is 16.6 Å². The number of aromatic nitrogens is 2. The largest absolute Gasteiger partial charge is 0.315 e. The Balaban J connectivity index is 1.99. The van der Waals surface area contributed by atoms with E-state index in [1.165, 1.54) is 0 Å². The Hall–Kier alpha value is -2.99. The predicted molar refractivity (Wildman–Crippen MR) is 114 cm³/mol. The highest BCUT2D eigenvalue weighted by atomic mass is 16.2. The summed E-state index contributed by atoms with van der Waals surface area (Å²) in [5.41, 5.74) is 1.67. The van der Waals surface area contributed by atoms with Gasteiger partial charge in [0.25, 0.3) is 11.5 Å². The molecule has 1 atom stereocenters. The third kappa shape index (κ3) is 3.13. The molecule has 0 radical (unpaired) electrons. The molecule has 0 bridgehead atoms. The van der Waals surface area contributed by atoms with Crippen molar-refractivity contribution in [2.45, 2.75) is 39.9 Å². The fourth-order valence-corrected chi connectivity index (χ4v) is 4.32. The van der Waals surface area contributed by atoms with Crippen LogP contribution in [0, 0.1) is 0 Å². The molecule has 29 heavy (non-hydrogen) atoms. The van der Waals surface area contributed by atoms with Gasteiger partial charge >= 0.3 is 0 Å². The van der Waals surface area contributed by atoms with E-state index in [-0.39, 0.29) is 17.6 Å². The van der Waals surface area contributed by atoms with E-state index in [9.17, 15) is 9.59 Å². The highest BCUT2D eigenvalue weighted by Crippen LogP contribution is 2.26. The number of hydrogen-bond donors (Lipinski definition) is 0. The third-order valence-corrected chi connectivity index (χ3v) is 5.75. The lowest BCUT2D eigenvalue weighted by molar-refractivity contribution is 0.0287. The van der Waals surface area contributed by atoms with Crippen LogP contribution in [-0.4, -0.2) is 44.5 Å². The molecule has 1 unspecified atom stereocenters. The van der Waals surface area contributed by atoms with Crippen molar-refractivity contribution < 1.29 is 4.79 Å². The number of benzene rings is 2. The number of carbonyl (C=O) groups excluding carboxylic acids is 1. The van der Waals surface area contributed by atoms with Crippen LogP contribution < -0.4 is 5.56 Å². The second-order valence-electron chi connectivity index (χ2n) is 7.25. The molecular formula is C23H26N4O2. The lowest BCUT2D eigenvalue weighted by atomic mass is 10.1. The molecule has 4 rings (SSSR count). The first-order valence-corrected chi connectivity index (χ1v) is 10.3. The molecule has 0 fully saturated rings. The molecule has 3 aromatic rings. The molecule has 6 nitrogen and oxygen atoms in total. The van der Waals surface area contributed by atoms with E-state index < -0.39 is 0 Å². The molecule has 0 N–H and O–H groups in total. The van der Waals surface area contributed by atoms with Gasteiger partial charge in [-0.25, -0.2) is 4.98 Å². The normalized spacial score (nSPS) is 14.6. The zero-order valence-corrected chi connectivity index (χ0v) is 17.1. The lowest BCUT2D eigenvalue weighted by Gasteiger charge is -2.37. The van der Waals surface area contributed by atoms with Crippen LogP contribution in [0.5, 0.6) is 0 Å². The van der Waals surface area contributed by atoms with Gasteiger partial charge in [0.2, 0.25) is 0 Å². The quantitative estimate of drug-likeness (QED) is 0.670. The van der Waals surface area contributed by atoms with Gasteiger partial charge in [-0.2, -0.15) is 0 Å². The fraction of sp³-hybridized carbons (Fsp3) is 0.348. The second-order valence-corrected chi connectivity index (χ2v) is 7.25. The van der Waals surface area contributed by atoms with Crippen molar-refractivity contribution in [2.24, 2.45) is 0 Å². The Morgan fingerprint density at radius 2 is 1.69 bits per heavy atom. The minimum atomic E-state index is -0.136. The topological polar surface area (TPSA) is 58.4 Å². The molecule has 0 spiro atoms. The van der Waals surface area contributed by atoms with Crippen molar-refractivity contribution in [1.82, 2.24) is 19.4 Å². The van der Waals surface area contributed by atoms with Gasteiger partial charge in [0.1, 0.15) is 5.82 Å². The number of nitrogens with zero attached hydrogens (tertiary/aromatic N) is 4. The average Bonchev–Trinajstić information content (AvgIpc) is 2.87. The molecule has 2 aromatic carbocycles. The first-order chi connectivity index (χ1) is 14.1. The minimum absolute atomic E-state index is 0.0551. The SMILES string of the molecule is CCC(N(CC)CC)N1Cc2nc3ccccc3c(=O)n2-c2ccccc2C1=O. The summed E-state index contributed by atoms with van der Waals surface area (Å²) < 4.78 is 1.62. The van der Waals surface area contributed by atoms with Crippen molar-refractivity contribution in [3.05, 3.63) is 70.3 Å². The van der Waals surface area contributed by atoms with Crippen molar-refractivity contribution >= 4 is 16.8 Å². The Morgan fingerprint density at radius 1 is 1.00 bits per heavy atom. The molecular weight excluding hydrogens is 364 g/mol. The Morgan fingerprint density at radius 3 is 2.41 bits per heavy atom. The molecule has 2 heterocycles. The summed E-state index contributed by atoms with van der Waals surface area (Å²) in [7, 11) is 0. The van der Waals surface area contributed by atoms with Crippen LogP contribution in [0.15, 0.2) is 53.3 Å². The summed E-state index contributed by atoms with van der Waals surface area (Å²) in [5, 5.41) is 0.558. The smallest absolute Gasteiger partial charge is 0.266 e. The number of para-hydroxylation sites is 2. The van der Waals surface area contributed by atoms with Gasteiger partial charge in [-0.15, -0.1) is 0 Å². The van der Waals surface area contributed by atoms with Gasteiger partial charge in [-0.05, 0) is 43.8 Å². The van der Waals surface area contributed by atoms with Crippen molar-refractivity contribution in [1.29, 1.82) is 0 Å².